The summed E-state index contributed by atoms with van der Waals surface area (Å²) in [6.45, 7) is 7.54. The van der Waals surface area contributed by atoms with Gasteiger partial charge in [-0.15, -0.1) is 4.40 Å². The minimum atomic E-state index is -3.76. The smallest absolute Gasteiger partial charge is 0.285 e. The van der Waals surface area contributed by atoms with E-state index in [4.69, 9.17) is 4.74 Å². The lowest BCUT2D eigenvalue weighted by atomic mass is 9.95. The summed E-state index contributed by atoms with van der Waals surface area (Å²) < 4.78 is 35.4. The summed E-state index contributed by atoms with van der Waals surface area (Å²) in [5.41, 5.74) is 4.57. The highest BCUT2D eigenvalue weighted by molar-refractivity contribution is 8.00. The molecule has 0 atom stereocenters. The van der Waals surface area contributed by atoms with Crippen LogP contribution in [0.5, 0.6) is 5.75 Å². The van der Waals surface area contributed by atoms with Crippen molar-refractivity contribution in [3.05, 3.63) is 70.3 Å². The number of nitrogens with one attached hydrogen (secondary N) is 1. The average Bonchev–Trinajstić information content (AvgIpc) is 3.09. The number of nitrogens with zero attached hydrogens (tertiary/aromatic N) is 2. The minimum absolute atomic E-state index is 0.0450. The molecule has 0 saturated carbocycles. The third-order valence-corrected chi connectivity index (χ3v) is 8.43. The summed E-state index contributed by atoms with van der Waals surface area (Å²) in [7, 11) is -2.11. The fourth-order valence-electron chi connectivity index (χ4n) is 4.79. The number of carbonyl (C=O) groups excluding carboxylic acids is 1. The Kier molecular flexibility index (Phi) is 7.31. The molecular formula is C27H33N3O4S. The van der Waals surface area contributed by atoms with Crippen LogP contribution < -0.4 is 10.1 Å². The maximum absolute atomic E-state index is 12.9. The van der Waals surface area contributed by atoms with Crippen LogP contribution in [0.3, 0.4) is 0 Å². The highest BCUT2D eigenvalue weighted by atomic mass is 32.2. The van der Waals surface area contributed by atoms with Gasteiger partial charge in [0.15, 0.2) is 0 Å². The third-order valence-electron chi connectivity index (χ3n) is 6.96. The average molecular weight is 496 g/mol. The van der Waals surface area contributed by atoms with Gasteiger partial charge in [0.2, 0.25) is 5.91 Å². The highest BCUT2D eigenvalue weighted by Crippen LogP contribution is 2.35. The predicted molar refractivity (Wildman–Crippen MR) is 139 cm³/mol. The number of rotatable bonds is 6. The topological polar surface area (TPSA) is 88.1 Å². The molecule has 186 valence electrons. The Bertz CT molecular complexity index is 1290. The monoisotopic (exact) mass is 495 g/mol. The number of piperidine rings is 1. The van der Waals surface area contributed by atoms with Crippen molar-refractivity contribution in [1.82, 2.24) is 10.2 Å². The molecule has 0 bridgehead atoms. The zero-order chi connectivity index (χ0) is 25.2. The van der Waals surface area contributed by atoms with E-state index in [2.05, 4.69) is 9.71 Å². The van der Waals surface area contributed by atoms with E-state index in [1.165, 1.54) is 0 Å². The molecule has 2 aromatic carbocycles. The number of ether oxygens (including phenoxy) is 1. The first kappa shape index (κ1) is 25.0. The van der Waals surface area contributed by atoms with E-state index in [1.54, 1.807) is 7.11 Å². The van der Waals surface area contributed by atoms with Gasteiger partial charge >= 0.3 is 0 Å². The van der Waals surface area contributed by atoms with Crippen LogP contribution in [0.15, 0.2) is 52.4 Å². The molecule has 2 aliphatic rings. The second kappa shape index (κ2) is 10.2. The van der Waals surface area contributed by atoms with Gasteiger partial charge in [0.1, 0.15) is 16.5 Å². The van der Waals surface area contributed by atoms with Crippen molar-refractivity contribution >= 4 is 26.7 Å². The van der Waals surface area contributed by atoms with Crippen LogP contribution in [-0.2, 0) is 21.2 Å². The number of para-hydroxylation sites is 1. The van der Waals surface area contributed by atoms with Gasteiger partial charge in [-0.25, -0.2) is 0 Å². The molecular weight excluding hydrogens is 462 g/mol. The molecule has 0 unspecified atom stereocenters. The Balaban J connectivity index is 1.37. The zero-order valence-electron chi connectivity index (χ0n) is 20.8. The number of benzene rings is 2. The van der Waals surface area contributed by atoms with Crippen LogP contribution in [0, 0.1) is 19.8 Å². The van der Waals surface area contributed by atoms with Gasteiger partial charge in [-0.2, -0.15) is 8.42 Å². The van der Waals surface area contributed by atoms with Gasteiger partial charge in [0.05, 0.1) is 7.11 Å². The molecule has 2 heterocycles. The molecule has 0 aliphatic carbocycles. The van der Waals surface area contributed by atoms with E-state index < -0.39 is 10.0 Å². The highest BCUT2D eigenvalue weighted by Gasteiger charge is 2.35. The van der Waals surface area contributed by atoms with E-state index in [9.17, 15) is 13.2 Å². The lowest BCUT2D eigenvalue weighted by molar-refractivity contribution is -0.126. The van der Waals surface area contributed by atoms with Crippen LogP contribution in [0.1, 0.15) is 42.0 Å². The maximum atomic E-state index is 12.9. The van der Waals surface area contributed by atoms with Crippen molar-refractivity contribution in [3.63, 3.8) is 0 Å². The Morgan fingerprint density at radius 3 is 2.49 bits per heavy atom. The van der Waals surface area contributed by atoms with Gasteiger partial charge in [-0.3, -0.25) is 4.79 Å². The first-order valence-electron chi connectivity index (χ1n) is 12.0. The van der Waals surface area contributed by atoms with Crippen LogP contribution in [0.25, 0.3) is 4.91 Å². The molecule has 35 heavy (non-hydrogen) atoms. The summed E-state index contributed by atoms with van der Waals surface area (Å²) in [5, 5.41) is 3.05. The number of aryl methyl sites for hydroxylation is 2. The predicted octanol–water partition coefficient (Wildman–Crippen LogP) is 3.86. The molecule has 1 saturated heterocycles. The molecule has 0 radical (unpaired) electrons. The summed E-state index contributed by atoms with van der Waals surface area (Å²) in [6, 6.07) is 13.5. The van der Waals surface area contributed by atoms with Crippen molar-refractivity contribution in [2.45, 2.75) is 40.0 Å². The van der Waals surface area contributed by atoms with Crippen molar-refractivity contribution in [2.24, 2.45) is 10.3 Å². The Morgan fingerprint density at radius 1 is 1.09 bits per heavy atom. The van der Waals surface area contributed by atoms with Crippen molar-refractivity contribution in [2.75, 3.05) is 26.7 Å². The number of carbonyl (C=O) groups is 1. The maximum Gasteiger partial charge on any atom is 0.285 e. The molecule has 1 N–H and O–H groups in total. The Hall–Kier alpha value is -3.13. The SMILES string of the molecule is COc1ccccc1CCNC(=O)C1CCN(C2=NS(=O)(=O)C(c3ccc(C)c(C)c3)=C2C)CC1. The molecule has 2 aromatic rings. The molecule has 4 rings (SSSR count). The number of amides is 1. The summed E-state index contributed by atoms with van der Waals surface area (Å²) in [6.07, 6.45) is 2.02. The quantitative estimate of drug-likeness (QED) is 0.658. The standard InChI is InChI=1S/C27H33N3O4S/c1-18-9-10-23(17-19(18)2)25-20(3)26(29-35(25,32)33)30-15-12-22(13-16-30)27(31)28-14-11-21-7-5-6-8-24(21)34-4/h5-10,17,22H,11-16H2,1-4H3,(H,28,31). The number of hydrogen-bond donors (Lipinski definition) is 1. The number of sulfonamides is 1. The number of amidine groups is 1. The van der Waals surface area contributed by atoms with Crippen molar-refractivity contribution in [3.8, 4) is 5.75 Å². The van der Waals surface area contributed by atoms with Crippen molar-refractivity contribution in [1.29, 1.82) is 0 Å². The fraction of sp³-hybridized carbons (Fsp3) is 0.407. The zero-order valence-corrected chi connectivity index (χ0v) is 21.6. The molecule has 8 heteroatoms. The molecule has 0 spiro atoms. The number of methoxy groups -OCH3 is 1. The summed E-state index contributed by atoms with van der Waals surface area (Å²) in [5.74, 6) is 1.29. The van der Waals surface area contributed by atoms with E-state index in [0.29, 0.717) is 55.9 Å². The van der Waals surface area contributed by atoms with Gasteiger partial charge in [0.25, 0.3) is 10.0 Å². The first-order chi connectivity index (χ1) is 16.7. The second-order valence-electron chi connectivity index (χ2n) is 9.26. The second-order valence-corrected chi connectivity index (χ2v) is 10.8. The molecule has 2 aliphatic heterocycles. The van der Waals surface area contributed by atoms with Crippen LogP contribution in [-0.4, -0.2) is 51.8 Å². The number of likely N-dealkylation sites (tertiary alicyclic amines) is 1. The third kappa shape index (κ3) is 5.27. The largest absolute Gasteiger partial charge is 0.496 e. The van der Waals surface area contributed by atoms with E-state index >= 15 is 0 Å². The van der Waals surface area contributed by atoms with E-state index in [1.807, 2.05) is 68.1 Å². The fourth-order valence-corrected chi connectivity index (χ4v) is 6.27. The van der Waals surface area contributed by atoms with E-state index in [-0.39, 0.29) is 16.7 Å². The van der Waals surface area contributed by atoms with Gasteiger partial charge in [-0.05, 0) is 68.4 Å². The van der Waals surface area contributed by atoms with Crippen LogP contribution in [0.2, 0.25) is 0 Å². The first-order valence-corrected chi connectivity index (χ1v) is 13.4. The molecule has 1 fully saturated rings. The molecule has 1 amide bonds. The van der Waals surface area contributed by atoms with Gasteiger partial charge in [-0.1, -0.05) is 36.4 Å². The van der Waals surface area contributed by atoms with E-state index in [0.717, 1.165) is 22.4 Å². The van der Waals surface area contributed by atoms with Gasteiger partial charge < -0.3 is 15.0 Å². The summed E-state index contributed by atoms with van der Waals surface area (Å²) >= 11 is 0. The minimum Gasteiger partial charge on any atom is -0.496 e. The Morgan fingerprint density at radius 2 is 1.80 bits per heavy atom. The summed E-state index contributed by atoms with van der Waals surface area (Å²) in [4.78, 5) is 15.0. The van der Waals surface area contributed by atoms with Crippen LogP contribution in [0.4, 0.5) is 0 Å². The molecule has 7 nitrogen and oxygen atoms in total. The Labute approximate surface area is 208 Å². The number of hydrogen-bond acceptors (Lipinski definition) is 5. The van der Waals surface area contributed by atoms with Crippen LogP contribution >= 0.6 is 0 Å². The lowest BCUT2D eigenvalue weighted by Gasteiger charge is -2.32. The van der Waals surface area contributed by atoms with Gasteiger partial charge in [0, 0.05) is 31.1 Å². The molecule has 0 aromatic heterocycles. The normalized spacial score (nSPS) is 17.9. The van der Waals surface area contributed by atoms with Crippen molar-refractivity contribution < 1.29 is 17.9 Å². The lowest BCUT2D eigenvalue weighted by Crippen LogP contribution is -2.43.